The third kappa shape index (κ3) is 5.59. The Balaban J connectivity index is 2.27. The van der Waals surface area contributed by atoms with E-state index >= 15 is 0 Å². The van der Waals surface area contributed by atoms with Gasteiger partial charge < -0.3 is 0 Å². The molecule has 9 heteroatoms. The van der Waals surface area contributed by atoms with Crippen LogP contribution in [0.15, 0.2) is 23.1 Å². The second kappa shape index (κ2) is 8.67. The van der Waals surface area contributed by atoms with Gasteiger partial charge in [0.25, 0.3) is 5.91 Å². The Bertz CT molecular complexity index is 942. The molecule has 2 N–H and O–H groups in total. The maximum Gasteiger partial charge on any atom is 0.257 e. The quantitative estimate of drug-likeness (QED) is 0.697. The molecule has 0 saturated heterocycles. The Morgan fingerprint density at radius 1 is 1.18 bits per heavy atom. The maximum atomic E-state index is 12.7. The fraction of sp³-hybridized carbons (Fsp3) is 0.526. The second-order valence-corrected chi connectivity index (χ2v) is 10.4. The van der Waals surface area contributed by atoms with Gasteiger partial charge >= 0.3 is 0 Å². The molecule has 0 aliphatic rings. The molecule has 0 fully saturated rings. The number of hydrogen-bond donors (Lipinski definition) is 2. The van der Waals surface area contributed by atoms with Crippen LogP contribution < -0.4 is 10.0 Å². The van der Waals surface area contributed by atoms with Crippen LogP contribution in [0.2, 0.25) is 0 Å². The molecule has 7 nitrogen and oxygen atoms in total. The summed E-state index contributed by atoms with van der Waals surface area (Å²) in [5.74, 6) is -0.0839. The van der Waals surface area contributed by atoms with E-state index in [-0.39, 0.29) is 10.5 Å². The highest BCUT2D eigenvalue weighted by atomic mass is 32.2. The van der Waals surface area contributed by atoms with Gasteiger partial charge in [0.1, 0.15) is 5.01 Å². The van der Waals surface area contributed by atoms with Crippen molar-refractivity contribution in [1.29, 1.82) is 0 Å². The number of hydrogen-bond acceptors (Lipinski definition) is 6. The van der Waals surface area contributed by atoms with Crippen LogP contribution in [0.5, 0.6) is 0 Å². The number of sulfonamides is 1. The topological polar surface area (TPSA) is 101 Å². The minimum Gasteiger partial charge on any atom is -0.296 e. The predicted molar refractivity (Wildman–Crippen MR) is 112 cm³/mol. The van der Waals surface area contributed by atoms with Gasteiger partial charge in [-0.25, -0.2) is 13.1 Å². The number of anilines is 1. The van der Waals surface area contributed by atoms with Gasteiger partial charge in [-0.15, -0.1) is 10.2 Å². The van der Waals surface area contributed by atoms with Gasteiger partial charge in [-0.05, 0) is 58.2 Å². The molecule has 0 radical (unpaired) electrons. The monoisotopic (exact) mass is 424 g/mol. The van der Waals surface area contributed by atoms with Crippen LogP contribution in [0.3, 0.4) is 0 Å². The van der Waals surface area contributed by atoms with Crippen molar-refractivity contribution in [2.75, 3.05) is 5.32 Å². The molecular formula is C19H28N4O3S2. The number of aryl methyl sites for hydroxylation is 1. The highest BCUT2D eigenvalue weighted by molar-refractivity contribution is 7.89. The first-order valence-electron chi connectivity index (χ1n) is 9.26. The van der Waals surface area contributed by atoms with Gasteiger partial charge in [-0.3, -0.25) is 10.1 Å². The zero-order chi connectivity index (χ0) is 21.1. The molecule has 1 heterocycles. The summed E-state index contributed by atoms with van der Waals surface area (Å²) in [6, 6.07) is 4.51. The van der Waals surface area contributed by atoms with E-state index in [9.17, 15) is 13.2 Å². The van der Waals surface area contributed by atoms with Gasteiger partial charge in [-0.1, -0.05) is 31.3 Å². The Labute approximate surface area is 171 Å². The number of amides is 1. The summed E-state index contributed by atoms with van der Waals surface area (Å²) in [7, 11) is -3.73. The van der Waals surface area contributed by atoms with E-state index in [1.165, 1.54) is 23.5 Å². The van der Waals surface area contributed by atoms with Crippen molar-refractivity contribution in [3.8, 4) is 0 Å². The van der Waals surface area contributed by atoms with E-state index in [4.69, 9.17) is 0 Å². The summed E-state index contributed by atoms with van der Waals surface area (Å²) < 4.78 is 27.7. The van der Waals surface area contributed by atoms with Crippen LogP contribution in [0.4, 0.5) is 5.13 Å². The highest BCUT2D eigenvalue weighted by Crippen LogP contribution is 2.28. The number of nitrogens with one attached hydrogen (secondary N) is 2. The number of carbonyl (C=O) groups is 1. The number of rotatable bonds is 7. The summed E-state index contributed by atoms with van der Waals surface area (Å²) >= 11 is 1.35. The molecule has 0 bridgehead atoms. The zero-order valence-corrected chi connectivity index (χ0v) is 18.8. The minimum atomic E-state index is -3.73. The van der Waals surface area contributed by atoms with E-state index in [0.717, 1.165) is 17.8 Å². The maximum absolute atomic E-state index is 12.7. The van der Waals surface area contributed by atoms with Gasteiger partial charge in [0, 0.05) is 17.0 Å². The van der Waals surface area contributed by atoms with Gasteiger partial charge in [0.2, 0.25) is 15.2 Å². The molecule has 0 aliphatic heterocycles. The lowest BCUT2D eigenvalue weighted by molar-refractivity contribution is 0.102. The van der Waals surface area contributed by atoms with Crippen molar-refractivity contribution < 1.29 is 13.2 Å². The van der Waals surface area contributed by atoms with Crippen molar-refractivity contribution in [3.63, 3.8) is 0 Å². The van der Waals surface area contributed by atoms with E-state index in [2.05, 4.69) is 34.1 Å². The number of nitrogens with zero attached hydrogens (tertiary/aromatic N) is 2. The van der Waals surface area contributed by atoms with E-state index < -0.39 is 21.5 Å². The number of benzene rings is 1. The molecule has 0 saturated carbocycles. The molecule has 1 amide bonds. The van der Waals surface area contributed by atoms with Crippen LogP contribution in [0, 0.1) is 6.92 Å². The normalized spacial score (nSPS) is 12.4. The molecular weight excluding hydrogens is 396 g/mol. The summed E-state index contributed by atoms with van der Waals surface area (Å²) in [6.45, 7) is 11.2. The standard InChI is InChI=1S/C19H28N4O3S2/c1-7-13(8-2)17-21-22-18(27-17)20-16(24)15-11-14(10-9-12(15)3)28(25,26)23-19(4,5)6/h9-11,13,23H,7-8H2,1-6H3,(H,20,22,24). The van der Waals surface area contributed by atoms with Crippen molar-refractivity contribution in [1.82, 2.24) is 14.9 Å². The van der Waals surface area contributed by atoms with Crippen LogP contribution in [0.25, 0.3) is 0 Å². The highest BCUT2D eigenvalue weighted by Gasteiger charge is 2.24. The lowest BCUT2D eigenvalue weighted by atomic mass is 10.1. The average Bonchev–Trinajstić information content (AvgIpc) is 3.02. The second-order valence-electron chi connectivity index (χ2n) is 7.75. The van der Waals surface area contributed by atoms with Gasteiger partial charge in [0.05, 0.1) is 4.90 Å². The summed E-state index contributed by atoms with van der Waals surface area (Å²) in [5.41, 5.74) is 0.345. The SMILES string of the molecule is CCC(CC)c1nnc(NC(=O)c2cc(S(=O)(=O)NC(C)(C)C)ccc2C)s1. The fourth-order valence-electron chi connectivity index (χ4n) is 2.73. The van der Waals surface area contributed by atoms with Crippen LogP contribution in [-0.2, 0) is 10.0 Å². The first kappa shape index (κ1) is 22.4. The predicted octanol–water partition coefficient (Wildman–Crippen LogP) is 4.08. The van der Waals surface area contributed by atoms with Crippen LogP contribution in [0.1, 0.15) is 74.3 Å². The summed E-state index contributed by atoms with van der Waals surface area (Å²) in [4.78, 5) is 12.8. The van der Waals surface area contributed by atoms with Crippen molar-refractivity contribution >= 4 is 32.4 Å². The third-order valence-corrected chi connectivity index (χ3v) is 6.96. The molecule has 0 spiro atoms. The Morgan fingerprint density at radius 3 is 2.39 bits per heavy atom. The first-order valence-corrected chi connectivity index (χ1v) is 11.6. The molecule has 2 aromatic rings. The summed E-state index contributed by atoms with van der Waals surface area (Å²) in [6.07, 6.45) is 1.91. The van der Waals surface area contributed by atoms with Crippen molar-refractivity contribution in [3.05, 3.63) is 34.3 Å². The fourth-order valence-corrected chi connectivity index (χ4v) is 5.18. The molecule has 1 aromatic heterocycles. The molecule has 28 heavy (non-hydrogen) atoms. The van der Waals surface area contributed by atoms with Crippen LogP contribution in [-0.4, -0.2) is 30.1 Å². The Morgan fingerprint density at radius 2 is 1.82 bits per heavy atom. The van der Waals surface area contributed by atoms with E-state index in [0.29, 0.717) is 16.6 Å². The lowest BCUT2D eigenvalue weighted by Gasteiger charge is -2.20. The van der Waals surface area contributed by atoms with Gasteiger partial charge in [0.15, 0.2) is 0 Å². The number of aromatic nitrogens is 2. The molecule has 154 valence electrons. The molecule has 0 aliphatic carbocycles. The van der Waals surface area contributed by atoms with E-state index in [1.54, 1.807) is 33.8 Å². The first-order chi connectivity index (χ1) is 13.0. The molecule has 0 atom stereocenters. The smallest absolute Gasteiger partial charge is 0.257 e. The largest absolute Gasteiger partial charge is 0.296 e. The van der Waals surface area contributed by atoms with Crippen LogP contribution >= 0.6 is 11.3 Å². The lowest BCUT2D eigenvalue weighted by Crippen LogP contribution is -2.40. The minimum absolute atomic E-state index is 0.0492. The van der Waals surface area contributed by atoms with Crippen molar-refractivity contribution in [2.45, 2.75) is 70.7 Å². The summed E-state index contributed by atoms with van der Waals surface area (Å²) in [5, 5.41) is 12.3. The third-order valence-electron chi connectivity index (χ3n) is 4.20. The van der Waals surface area contributed by atoms with Crippen molar-refractivity contribution in [2.24, 2.45) is 0 Å². The zero-order valence-electron chi connectivity index (χ0n) is 17.2. The molecule has 0 unspecified atom stereocenters. The Hall–Kier alpha value is -1.84. The molecule has 1 aromatic carbocycles. The van der Waals surface area contributed by atoms with Gasteiger partial charge in [-0.2, -0.15) is 0 Å². The molecule has 2 rings (SSSR count). The Kier molecular flexibility index (Phi) is 6.95. The average molecular weight is 425 g/mol. The number of carbonyl (C=O) groups excluding carboxylic acids is 1. The van der Waals surface area contributed by atoms with E-state index in [1.807, 2.05) is 0 Å².